The molecule has 0 amide bonds. The number of nitrogens with zero attached hydrogens (tertiary/aromatic N) is 3. The summed E-state index contributed by atoms with van der Waals surface area (Å²) >= 11 is 0. The molecule has 2 rings (SSSR count). The van der Waals surface area contributed by atoms with Gasteiger partial charge in [0.2, 0.25) is 5.95 Å². The zero-order valence-corrected chi connectivity index (χ0v) is 8.30. The average molecular weight is 198 g/mol. The van der Waals surface area contributed by atoms with Gasteiger partial charge in [0.25, 0.3) is 0 Å². The molecule has 78 valence electrons. The number of rotatable bonds is 3. The van der Waals surface area contributed by atoms with Gasteiger partial charge in [-0.2, -0.15) is 10.1 Å². The average Bonchev–Trinajstić information content (AvgIpc) is 2.68. The first-order valence-corrected chi connectivity index (χ1v) is 4.55. The molecule has 0 saturated carbocycles. The summed E-state index contributed by atoms with van der Waals surface area (Å²) in [7, 11) is 3.26. The number of hydrogen-bond donors (Lipinski definition) is 1. The molecule has 1 unspecified atom stereocenters. The molecule has 1 aliphatic rings. The summed E-state index contributed by atoms with van der Waals surface area (Å²) < 4.78 is 12.3. The zero-order chi connectivity index (χ0) is 9.97. The van der Waals surface area contributed by atoms with E-state index in [0.29, 0.717) is 0 Å². The summed E-state index contributed by atoms with van der Waals surface area (Å²) in [6.45, 7) is 0.868. The third-order valence-electron chi connectivity index (χ3n) is 2.39. The van der Waals surface area contributed by atoms with Crippen LogP contribution in [0.4, 0.5) is 5.95 Å². The lowest BCUT2D eigenvalue weighted by molar-refractivity contribution is -0.135. The van der Waals surface area contributed by atoms with E-state index in [4.69, 9.17) is 9.47 Å². The molecule has 0 radical (unpaired) electrons. The van der Waals surface area contributed by atoms with Gasteiger partial charge in [0.05, 0.1) is 0 Å². The number of anilines is 1. The van der Waals surface area contributed by atoms with Crippen molar-refractivity contribution in [2.45, 2.75) is 18.8 Å². The molecule has 1 aromatic heterocycles. The lowest BCUT2D eigenvalue weighted by Crippen LogP contribution is -2.34. The second-order valence-corrected chi connectivity index (χ2v) is 3.15. The van der Waals surface area contributed by atoms with E-state index in [-0.39, 0.29) is 12.3 Å². The van der Waals surface area contributed by atoms with Gasteiger partial charge in [0.15, 0.2) is 6.29 Å². The van der Waals surface area contributed by atoms with E-state index in [1.165, 1.54) is 6.33 Å². The van der Waals surface area contributed by atoms with E-state index < -0.39 is 0 Å². The number of nitrogens with one attached hydrogen (secondary N) is 1. The minimum atomic E-state index is -0.266. The van der Waals surface area contributed by atoms with Gasteiger partial charge < -0.3 is 14.8 Å². The van der Waals surface area contributed by atoms with E-state index in [1.807, 2.05) is 0 Å². The van der Waals surface area contributed by atoms with Crippen LogP contribution < -0.4 is 5.32 Å². The lowest BCUT2D eigenvalue weighted by Gasteiger charge is -2.29. The molecular formula is C8H14N4O2. The smallest absolute Gasteiger partial charge is 0.221 e. The Hall–Kier alpha value is -1.14. The molecule has 1 aliphatic heterocycles. The lowest BCUT2D eigenvalue weighted by atomic mass is 10.2. The predicted octanol–water partition coefficient (Wildman–Crippen LogP) is 0.254. The molecule has 0 fully saturated rings. The van der Waals surface area contributed by atoms with Gasteiger partial charge in [-0.1, -0.05) is 0 Å². The molecule has 1 aromatic rings. The molecule has 0 aromatic carbocycles. The van der Waals surface area contributed by atoms with Crippen LogP contribution >= 0.6 is 0 Å². The molecule has 14 heavy (non-hydrogen) atoms. The second-order valence-electron chi connectivity index (χ2n) is 3.15. The van der Waals surface area contributed by atoms with Crippen LogP contribution in [0.15, 0.2) is 6.33 Å². The largest absolute Gasteiger partial charge is 0.354 e. The minimum Gasteiger partial charge on any atom is -0.354 e. The number of aromatic nitrogens is 3. The third-order valence-corrected chi connectivity index (χ3v) is 2.39. The van der Waals surface area contributed by atoms with Gasteiger partial charge in [-0.25, -0.2) is 4.68 Å². The highest BCUT2D eigenvalue weighted by atomic mass is 16.7. The zero-order valence-electron chi connectivity index (χ0n) is 8.30. The minimum absolute atomic E-state index is 0.101. The van der Waals surface area contributed by atoms with Crippen molar-refractivity contribution < 1.29 is 9.47 Å². The van der Waals surface area contributed by atoms with Crippen LogP contribution in [-0.4, -0.2) is 41.8 Å². The Bertz CT molecular complexity index is 297. The number of hydrogen-bond acceptors (Lipinski definition) is 5. The Morgan fingerprint density at radius 1 is 1.57 bits per heavy atom. The molecule has 0 bridgehead atoms. The van der Waals surface area contributed by atoms with Crippen LogP contribution in [0.3, 0.4) is 0 Å². The Balaban J connectivity index is 2.22. The third kappa shape index (κ3) is 1.46. The van der Waals surface area contributed by atoms with E-state index in [9.17, 15) is 0 Å². The molecule has 1 atom stereocenters. The molecule has 6 nitrogen and oxygen atoms in total. The summed E-state index contributed by atoms with van der Waals surface area (Å²) in [6.07, 6.45) is 2.18. The van der Waals surface area contributed by atoms with Crippen LogP contribution in [0.2, 0.25) is 0 Å². The normalized spacial score (nSPS) is 20.6. The molecule has 0 saturated heterocycles. The summed E-state index contributed by atoms with van der Waals surface area (Å²) in [5.41, 5.74) is 0. The quantitative estimate of drug-likeness (QED) is 0.705. The van der Waals surface area contributed by atoms with E-state index in [1.54, 1.807) is 18.9 Å². The van der Waals surface area contributed by atoms with Crippen LogP contribution in [-0.2, 0) is 9.47 Å². The molecular weight excluding hydrogens is 184 g/mol. The molecule has 0 aliphatic carbocycles. The first kappa shape index (κ1) is 9.42. The Morgan fingerprint density at radius 3 is 3.07 bits per heavy atom. The van der Waals surface area contributed by atoms with Crippen LogP contribution in [0.5, 0.6) is 0 Å². The van der Waals surface area contributed by atoms with Crippen molar-refractivity contribution in [1.82, 2.24) is 14.8 Å². The first-order chi connectivity index (χ1) is 6.86. The van der Waals surface area contributed by atoms with Crippen molar-refractivity contribution in [2.24, 2.45) is 0 Å². The predicted molar refractivity (Wildman–Crippen MR) is 50.0 cm³/mol. The number of fused-ring (bicyclic) bond motifs is 1. The van der Waals surface area contributed by atoms with Crippen molar-refractivity contribution in [1.29, 1.82) is 0 Å². The fourth-order valence-corrected chi connectivity index (χ4v) is 1.74. The molecule has 6 heteroatoms. The Kier molecular flexibility index (Phi) is 2.64. The van der Waals surface area contributed by atoms with Gasteiger partial charge in [0.1, 0.15) is 12.4 Å². The number of methoxy groups -OCH3 is 2. The van der Waals surface area contributed by atoms with Crippen molar-refractivity contribution in [3.05, 3.63) is 6.33 Å². The topological polar surface area (TPSA) is 61.2 Å². The van der Waals surface area contributed by atoms with E-state index >= 15 is 0 Å². The number of ether oxygens (including phenoxy) is 2. The SMILES string of the molecule is COC(OC)C1CCNc2ncnn21. The van der Waals surface area contributed by atoms with E-state index in [2.05, 4.69) is 15.4 Å². The van der Waals surface area contributed by atoms with Gasteiger partial charge in [-0.15, -0.1) is 0 Å². The Labute approximate surface area is 82.2 Å². The summed E-state index contributed by atoms with van der Waals surface area (Å²) in [5.74, 6) is 0.778. The van der Waals surface area contributed by atoms with Crippen molar-refractivity contribution in [2.75, 3.05) is 26.1 Å². The van der Waals surface area contributed by atoms with Gasteiger partial charge >= 0.3 is 0 Å². The highest BCUT2D eigenvalue weighted by Crippen LogP contribution is 2.25. The van der Waals surface area contributed by atoms with Crippen LogP contribution in [0.25, 0.3) is 0 Å². The van der Waals surface area contributed by atoms with Crippen LogP contribution in [0.1, 0.15) is 12.5 Å². The second kappa shape index (κ2) is 3.93. The van der Waals surface area contributed by atoms with Crippen molar-refractivity contribution >= 4 is 5.95 Å². The molecule has 2 heterocycles. The monoisotopic (exact) mass is 198 g/mol. The Morgan fingerprint density at radius 2 is 2.36 bits per heavy atom. The van der Waals surface area contributed by atoms with Crippen LogP contribution in [0, 0.1) is 0 Å². The van der Waals surface area contributed by atoms with E-state index in [0.717, 1.165) is 18.9 Å². The fourth-order valence-electron chi connectivity index (χ4n) is 1.74. The summed E-state index contributed by atoms with van der Waals surface area (Å²) in [6, 6.07) is 0.101. The van der Waals surface area contributed by atoms with Gasteiger partial charge in [-0.05, 0) is 6.42 Å². The van der Waals surface area contributed by atoms with Gasteiger partial charge in [0, 0.05) is 20.8 Å². The maximum absolute atomic E-state index is 5.23. The molecule has 1 N–H and O–H groups in total. The van der Waals surface area contributed by atoms with Gasteiger partial charge in [-0.3, -0.25) is 0 Å². The fraction of sp³-hybridized carbons (Fsp3) is 0.750. The maximum Gasteiger partial charge on any atom is 0.221 e. The summed E-state index contributed by atoms with van der Waals surface area (Å²) in [5, 5.41) is 7.29. The summed E-state index contributed by atoms with van der Waals surface area (Å²) in [4.78, 5) is 4.09. The highest BCUT2D eigenvalue weighted by Gasteiger charge is 2.28. The highest BCUT2D eigenvalue weighted by molar-refractivity contribution is 5.26. The van der Waals surface area contributed by atoms with Crippen molar-refractivity contribution in [3.8, 4) is 0 Å². The first-order valence-electron chi connectivity index (χ1n) is 4.55. The maximum atomic E-state index is 5.23. The van der Waals surface area contributed by atoms with Crippen molar-refractivity contribution in [3.63, 3.8) is 0 Å². The standard InChI is InChI=1S/C8H14N4O2/c1-13-7(14-2)6-3-4-9-8-10-5-11-12(6)8/h5-7H,3-4H2,1-2H3,(H,9,10,11). The molecule has 0 spiro atoms.